The van der Waals surface area contributed by atoms with Crippen molar-refractivity contribution in [2.45, 2.75) is 44.4 Å². The molecule has 0 aliphatic rings. The Morgan fingerprint density at radius 3 is 2.44 bits per heavy atom. The van der Waals surface area contributed by atoms with Crippen LogP contribution in [0.1, 0.15) is 38.7 Å². The third-order valence-corrected chi connectivity index (χ3v) is 5.90. The van der Waals surface area contributed by atoms with Crippen molar-refractivity contribution in [3.8, 4) is 0 Å². The summed E-state index contributed by atoms with van der Waals surface area (Å²) in [5.74, 6) is -2.62. The quantitative estimate of drug-likeness (QED) is 0.591. The van der Waals surface area contributed by atoms with Gasteiger partial charge in [-0.25, -0.2) is 12.8 Å². The second-order valence-electron chi connectivity index (χ2n) is 6.39. The average Bonchev–Trinajstić information content (AvgIpc) is 2.58. The molecule has 0 fully saturated rings. The summed E-state index contributed by atoms with van der Waals surface area (Å²) in [6.45, 7) is 3.17. The molecule has 0 heterocycles. The first-order valence-electron chi connectivity index (χ1n) is 8.65. The van der Waals surface area contributed by atoms with Gasteiger partial charge in [-0.1, -0.05) is 19.1 Å². The van der Waals surface area contributed by atoms with Crippen LogP contribution >= 0.6 is 0 Å². The second-order valence-corrected chi connectivity index (χ2v) is 8.22. The zero-order valence-corrected chi connectivity index (χ0v) is 16.2. The lowest BCUT2D eigenvalue weighted by molar-refractivity contribution is -0.136. The van der Waals surface area contributed by atoms with E-state index in [1.165, 1.54) is 19.1 Å². The highest BCUT2D eigenvalue weighted by Gasteiger charge is 2.22. The molecule has 0 spiro atoms. The molecule has 0 saturated carbocycles. The van der Waals surface area contributed by atoms with Crippen LogP contribution in [0.2, 0.25) is 0 Å². The summed E-state index contributed by atoms with van der Waals surface area (Å²) >= 11 is 0. The zero-order chi connectivity index (χ0) is 20.6. The van der Waals surface area contributed by atoms with Crippen LogP contribution in [0.4, 0.5) is 4.39 Å². The number of rotatable bonds is 11. The smallest absolute Gasteiger partial charge is 0.307 e. The van der Waals surface area contributed by atoms with Crippen molar-refractivity contribution < 1.29 is 32.6 Å². The summed E-state index contributed by atoms with van der Waals surface area (Å²) in [4.78, 5) is 22.0. The molecular weight excluding hydrogens is 375 g/mol. The molecule has 0 amide bonds. The summed E-state index contributed by atoms with van der Waals surface area (Å²) in [6.07, 6.45) is 2.28. The fourth-order valence-electron chi connectivity index (χ4n) is 2.97. The van der Waals surface area contributed by atoms with Gasteiger partial charge in [0.1, 0.15) is 11.6 Å². The second kappa shape index (κ2) is 10.3. The van der Waals surface area contributed by atoms with E-state index in [1.54, 1.807) is 0 Å². The molecule has 0 aliphatic heterocycles. The Morgan fingerprint density at radius 1 is 1.30 bits per heavy atom. The first kappa shape index (κ1) is 23.0. The maximum Gasteiger partial charge on any atom is 0.307 e. The summed E-state index contributed by atoms with van der Waals surface area (Å²) < 4.78 is 38.4. The SMILES string of the molecule is CCC(C(C)=O)C(CO)CC/C=C/S(=O)(=O)c1ccc(CC(=O)O)c(F)c1. The Kier molecular flexibility index (Phi) is 8.78. The van der Waals surface area contributed by atoms with Gasteiger partial charge in [-0.2, -0.15) is 0 Å². The van der Waals surface area contributed by atoms with E-state index in [1.807, 2.05) is 6.92 Å². The minimum atomic E-state index is -3.87. The van der Waals surface area contributed by atoms with Gasteiger partial charge in [0.05, 0.1) is 11.3 Å². The Balaban J connectivity index is 2.81. The van der Waals surface area contributed by atoms with E-state index in [0.717, 1.165) is 17.5 Å². The standard InChI is InChI=1S/C19H25FO6S/c1-3-17(13(2)22)15(12-21)6-4-5-9-27(25,26)16-8-7-14(10-19(23)24)18(20)11-16/h5,7-9,11,15,17,21H,3-4,6,10,12H2,1-2H3,(H,23,24)/b9-5+. The van der Waals surface area contributed by atoms with E-state index >= 15 is 0 Å². The molecule has 2 unspecified atom stereocenters. The number of aliphatic hydroxyl groups is 1. The first-order valence-corrected chi connectivity index (χ1v) is 10.2. The van der Waals surface area contributed by atoms with Crippen LogP contribution in [0.3, 0.4) is 0 Å². The lowest BCUT2D eigenvalue weighted by atomic mass is 9.84. The molecule has 0 aliphatic carbocycles. The minimum absolute atomic E-state index is 0.00919. The number of carbonyl (C=O) groups is 2. The van der Waals surface area contributed by atoms with Crippen molar-refractivity contribution in [1.29, 1.82) is 0 Å². The van der Waals surface area contributed by atoms with Crippen molar-refractivity contribution in [3.05, 3.63) is 41.1 Å². The zero-order valence-electron chi connectivity index (χ0n) is 15.4. The molecule has 0 bridgehead atoms. The van der Waals surface area contributed by atoms with Crippen LogP contribution in [0.5, 0.6) is 0 Å². The maximum absolute atomic E-state index is 13.9. The number of sulfone groups is 1. The Hall–Kier alpha value is -2.06. The molecule has 0 saturated heterocycles. The molecule has 1 aromatic rings. The number of hydrogen-bond acceptors (Lipinski definition) is 5. The highest BCUT2D eigenvalue weighted by Crippen LogP contribution is 2.23. The summed E-state index contributed by atoms with van der Waals surface area (Å²) in [6, 6.07) is 3.11. The fraction of sp³-hybridized carbons (Fsp3) is 0.474. The van der Waals surface area contributed by atoms with Gasteiger partial charge in [0, 0.05) is 17.9 Å². The molecule has 8 heteroatoms. The van der Waals surface area contributed by atoms with Crippen molar-refractivity contribution in [2.24, 2.45) is 11.8 Å². The van der Waals surface area contributed by atoms with Crippen LogP contribution in [-0.4, -0.2) is 37.0 Å². The van der Waals surface area contributed by atoms with Gasteiger partial charge in [-0.05, 0) is 49.8 Å². The number of allylic oxidation sites excluding steroid dienone is 1. The monoisotopic (exact) mass is 400 g/mol. The van der Waals surface area contributed by atoms with Crippen LogP contribution in [0.15, 0.2) is 34.6 Å². The Bertz CT molecular complexity index is 800. The van der Waals surface area contributed by atoms with Gasteiger partial charge in [-0.15, -0.1) is 0 Å². The van der Waals surface area contributed by atoms with Gasteiger partial charge in [0.2, 0.25) is 0 Å². The van der Waals surface area contributed by atoms with E-state index in [4.69, 9.17) is 5.11 Å². The van der Waals surface area contributed by atoms with E-state index in [9.17, 15) is 27.5 Å². The van der Waals surface area contributed by atoms with E-state index in [-0.39, 0.29) is 34.7 Å². The normalized spacial score (nSPS) is 14.2. The van der Waals surface area contributed by atoms with Crippen molar-refractivity contribution in [1.82, 2.24) is 0 Å². The van der Waals surface area contributed by atoms with Crippen LogP contribution in [0.25, 0.3) is 0 Å². The predicted molar refractivity (Wildman–Crippen MR) is 98.3 cm³/mol. The number of Topliss-reactive ketones (excluding diaryl/α,β-unsaturated/α-hetero) is 1. The minimum Gasteiger partial charge on any atom is -0.481 e. The molecule has 2 atom stereocenters. The molecule has 1 rings (SSSR count). The van der Waals surface area contributed by atoms with Gasteiger partial charge in [0.25, 0.3) is 0 Å². The van der Waals surface area contributed by atoms with E-state index in [0.29, 0.717) is 19.3 Å². The first-order chi connectivity index (χ1) is 12.6. The molecule has 150 valence electrons. The van der Waals surface area contributed by atoms with Gasteiger partial charge >= 0.3 is 5.97 Å². The van der Waals surface area contributed by atoms with Gasteiger partial charge in [-0.3, -0.25) is 9.59 Å². The van der Waals surface area contributed by atoms with Crippen molar-refractivity contribution in [3.63, 3.8) is 0 Å². The van der Waals surface area contributed by atoms with E-state index < -0.39 is 28.0 Å². The molecule has 27 heavy (non-hydrogen) atoms. The molecule has 0 aromatic heterocycles. The summed E-state index contributed by atoms with van der Waals surface area (Å²) in [5, 5.41) is 19.1. The molecule has 1 aromatic carbocycles. The Morgan fingerprint density at radius 2 is 1.96 bits per heavy atom. The number of carboxylic acid groups (broad SMARTS) is 1. The molecule has 6 nitrogen and oxygen atoms in total. The van der Waals surface area contributed by atoms with Crippen molar-refractivity contribution in [2.75, 3.05) is 6.61 Å². The van der Waals surface area contributed by atoms with E-state index in [2.05, 4.69) is 0 Å². The predicted octanol–water partition coefficient (Wildman–Crippen LogP) is 2.74. The number of hydrogen-bond donors (Lipinski definition) is 2. The number of carbonyl (C=O) groups excluding carboxylic acids is 1. The van der Waals surface area contributed by atoms with Crippen LogP contribution < -0.4 is 0 Å². The third-order valence-electron chi connectivity index (χ3n) is 4.44. The third kappa shape index (κ3) is 6.88. The number of halogens is 1. The lowest BCUT2D eigenvalue weighted by Crippen LogP contribution is -2.24. The number of carboxylic acids is 1. The number of aliphatic hydroxyl groups excluding tert-OH is 1. The van der Waals surface area contributed by atoms with Crippen LogP contribution in [-0.2, 0) is 25.8 Å². The highest BCUT2D eigenvalue weighted by atomic mass is 32.2. The topological polar surface area (TPSA) is 109 Å². The number of ketones is 1. The van der Waals surface area contributed by atoms with Gasteiger partial charge < -0.3 is 10.2 Å². The maximum atomic E-state index is 13.9. The average molecular weight is 400 g/mol. The van der Waals surface area contributed by atoms with Gasteiger partial charge in [0.15, 0.2) is 9.84 Å². The van der Waals surface area contributed by atoms with Crippen LogP contribution in [0, 0.1) is 17.7 Å². The largest absolute Gasteiger partial charge is 0.481 e. The van der Waals surface area contributed by atoms with Crippen molar-refractivity contribution >= 4 is 21.6 Å². The molecule has 2 N–H and O–H groups in total. The molecular formula is C19H25FO6S. The Labute approximate surface area is 158 Å². The number of aliphatic carboxylic acids is 1. The molecule has 0 radical (unpaired) electrons. The lowest BCUT2D eigenvalue weighted by Gasteiger charge is -2.21. The highest BCUT2D eigenvalue weighted by molar-refractivity contribution is 7.94. The summed E-state index contributed by atoms with van der Waals surface area (Å²) in [5.41, 5.74) is -0.0916. The summed E-state index contributed by atoms with van der Waals surface area (Å²) in [7, 11) is -3.87. The number of benzene rings is 1. The fourth-order valence-corrected chi connectivity index (χ4v) is 4.04.